The fourth-order valence-electron chi connectivity index (χ4n) is 2.52. The Balaban J connectivity index is 0.00000133. The summed E-state index contributed by atoms with van der Waals surface area (Å²) in [4.78, 5) is 4.24. The highest BCUT2D eigenvalue weighted by molar-refractivity contribution is 5.85. The van der Waals surface area contributed by atoms with Crippen molar-refractivity contribution < 1.29 is 9.15 Å². The summed E-state index contributed by atoms with van der Waals surface area (Å²) in [6, 6.07) is 6.29. The van der Waals surface area contributed by atoms with Crippen molar-refractivity contribution in [2.75, 3.05) is 20.2 Å². The third kappa shape index (κ3) is 2.66. The highest BCUT2D eigenvalue weighted by Crippen LogP contribution is 2.33. The van der Waals surface area contributed by atoms with Gasteiger partial charge in [0.25, 0.3) is 0 Å². The number of benzene rings is 1. The minimum atomic E-state index is 0. The van der Waals surface area contributed by atoms with E-state index in [4.69, 9.17) is 9.15 Å². The summed E-state index contributed by atoms with van der Waals surface area (Å²) in [5.41, 5.74) is 4.65. The Bertz CT molecular complexity index is 528. The minimum absolute atomic E-state index is 0. The maximum Gasteiger partial charge on any atom is 0.181 e. The fourth-order valence-corrected chi connectivity index (χ4v) is 2.52. The van der Waals surface area contributed by atoms with Gasteiger partial charge in [-0.15, -0.1) is 12.4 Å². The normalized spacial score (nSPS) is 17.6. The standard InChI is InChI=1S/C14H16N2O2.ClH/c1-15-7-14-12-4-2-3-11(10(12)5-6-18-14)13-8-17-9-16-13;/h2-4,8-9,14-15H,5-7H2,1H3;1H/t14-;/m1./s1. The highest BCUT2D eigenvalue weighted by atomic mass is 35.5. The molecule has 19 heavy (non-hydrogen) atoms. The SMILES string of the molecule is CNC[C@H]1OCCc2c(-c3cocn3)cccc21.Cl. The van der Waals surface area contributed by atoms with Crippen LogP contribution in [0.25, 0.3) is 11.3 Å². The molecule has 0 bridgehead atoms. The lowest BCUT2D eigenvalue weighted by atomic mass is 9.91. The second-order valence-electron chi connectivity index (χ2n) is 4.41. The summed E-state index contributed by atoms with van der Waals surface area (Å²) in [7, 11) is 1.94. The van der Waals surface area contributed by atoms with Crippen LogP contribution in [0, 0.1) is 0 Å². The summed E-state index contributed by atoms with van der Waals surface area (Å²) in [5.74, 6) is 0. The van der Waals surface area contributed by atoms with E-state index in [0.29, 0.717) is 0 Å². The number of hydrogen-bond donors (Lipinski definition) is 1. The van der Waals surface area contributed by atoms with E-state index in [1.54, 1.807) is 6.26 Å². The van der Waals surface area contributed by atoms with Crippen LogP contribution in [0.3, 0.4) is 0 Å². The first-order chi connectivity index (χ1) is 8.90. The number of rotatable bonds is 3. The van der Waals surface area contributed by atoms with E-state index >= 15 is 0 Å². The maximum absolute atomic E-state index is 5.81. The number of aromatic nitrogens is 1. The van der Waals surface area contributed by atoms with Crippen molar-refractivity contribution in [2.45, 2.75) is 12.5 Å². The van der Waals surface area contributed by atoms with E-state index in [9.17, 15) is 0 Å². The van der Waals surface area contributed by atoms with E-state index < -0.39 is 0 Å². The lowest BCUT2D eigenvalue weighted by Crippen LogP contribution is -2.25. The van der Waals surface area contributed by atoms with E-state index in [-0.39, 0.29) is 18.5 Å². The first kappa shape index (κ1) is 14.1. The fraction of sp³-hybridized carbons (Fsp3) is 0.357. The zero-order valence-corrected chi connectivity index (χ0v) is 11.6. The van der Waals surface area contributed by atoms with Crippen molar-refractivity contribution in [1.82, 2.24) is 10.3 Å². The molecule has 0 radical (unpaired) electrons. The lowest BCUT2D eigenvalue weighted by Gasteiger charge is -2.27. The molecule has 102 valence electrons. The molecule has 2 heterocycles. The number of oxazole rings is 1. The van der Waals surface area contributed by atoms with Crippen LogP contribution in [-0.4, -0.2) is 25.2 Å². The van der Waals surface area contributed by atoms with Crippen LogP contribution < -0.4 is 5.32 Å². The third-order valence-electron chi connectivity index (χ3n) is 3.33. The Kier molecular flexibility index (Phi) is 4.58. The predicted molar refractivity (Wildman–Crippen MR) is 75.5 cm³/mol. The average molecular weight is 281 g/mol. The monoisotopic (exact) mass is 280 g/mol. The molecular formula is C14H17ClN2O2. The van der Waals surface area contributed by atoms with Gasteiger partial charge in [0, 0.05) is 12.1 Å². The van der Waals surface area contributed by atoms with Gasteiger partial charge in [-0.25, -0.2) is 4.98 Å². The van der Waals surface area contributed by atoms with Crippen LogP contribution in [0.2, 0.25) is 0 Å². The van der Waals surface area contributed by atoms with Gasteiger partial charge in [-0.2, -0.15) is 0 Å². The molecule has 1 atom stereocenters. The van der Waals surface area contributed by atoms with E-state index in [1.165, 1.54) is 17.5 Å². The van der Waals surface area contributed by atoms with Crippen molar-refractivity contribution in [3.8, 4) is 11.3 Å². The van der Waals surface area contributed by atoms with Crippen LogP contribution in [0.15, 0.2) is 35.3 Å². The van der Waals surface area contributed by atoms with Gasteiger partial charge in [-0.3, -0.25) is 0 Å². The van der Waals surface area contributed by atoms with Crippen molar-refractivity contribution >= 4 is 12.4 Å². The van der Waals surface area contributed by atoms with Gasteiger partial charge in [-0.1, -0.05) is 18.2 Å². The summed E-state index contributed by atoms with van der Waals surface area (Å²) in [5, 5.41) is 3.17. The second kappa shape index (κ2) is 6.19. The quantitative estimate of drug-likeness (QED) is 0.939. The van der Waals surface area contributed by atoms with Crippen molar-refractivity contribution in [3.63, 3.8) is 0 Å². The van der Waals surface area contributed by atoms with Crippen LogP contribution in [0.5, 0.6) is 0 Å². The number of hydrogen-bond acceptors (Lipinski definition) is 4. The molecule has 1 aliphatic rings. The van der Waals surface area contributed by atoms with Crippen LogP contribution in [0.1, 0.15) is 17.2 Å². The molecule has 1 aromatic heterocycles. The summed E-state index contributed by atoms with van der Waals surface area (Å²) >= 11 is 0. The zero-order chi connectivity index (χ0) is 12.4. The number of likely N-dealkylation sites (N-methyl/N-ethyl adjacent to an activating group) is 1. The largest absolute Gasteiger partial charge is 0.451 e. The van der Waals surface area contributed by atoms with Crippen LogP contribution >= 0.6 is 12.4 Å². The Morgan fingerprint density at radius 2 is 2.32 bits per heavy atom. The van der Waals surface area contributed by atoms with Crippen LogP contribution in [0.4, 0.5) is 0 Å². The summed E-state index contributed by atoms with van der Waals surface area (Å²) in [6.45, 7) is 1.59. The zero-order valence-electron chi connectivity index (χ0n) is 10.8. The molecule has 4 nitrogen and oxygen atoms in total. The molecule has 0 unspecified atom stereocenters. The summed E-state index contributed by atoms with van der Waals surface area (Å²) < 4.78 is 10.9. The molecular weight excluding hydrogens is 264 g/mol. The topological polar surface area (TPSA) is 47.3 Å². The minimum Gasteiger partial charge on any atom is -0.451 e. The molecule has 5 heteroatoms. The number of ether oxygens (including phenoxy) is 1. The predicted octanol–water partition coefficient (Wildman–Crippen LogP) is 2.60. The van der Waals surface area contributed by atoms with Crippen LogP contribution in [-0.2, 0) is 11.2 Å². The van der Waals surface area contributed by atoms with Gasteiger partial charge >= 0.3 is 0 Å². The lowest BCUT2D eigenvalue weighted by molar-refractivity contribution is 0.0440. The van der Waals surface area contributed by atoms with Crippen molar-refractivity contribution in [2.24, 2.45) is 0 Å². The van der Waals surface area contributed by atoms with E-state index in [2.05, 4.69) is 28.5 Å². The first-order valence-corrected chi connectivity index (χ1v) is 6.16. The molecule has 0 fully saturated rings. The summed E-state index contributed by atoms with van der Waals surface area (Å²) in [6.07, 6.45) is 4.22. The molecule has 3 rings (SSSR count). The van der Waals surface area contributed by atoms with E-state index in [1.807, 2.05) is 7.05 Å². The number of nitrogens with one attached hydrogen (secondary N) is 1. The van der Waals surface area contributed by atoms with Crippen molar-refractivity contribution in [3.05, 3.63) is 42.0 Å². The van der Waals surface area contributed by atoms with Gasteiger partial charge < -0.3 is 14.5 Å². The molecule has 0 amide bonds. The van der Waals surface area contributed by atoms with Crippen molar-refractivity contribution in [1.29, 1.82) is 0 Å². The Labute approximate surface area is 118 Å². The average Bonchev–Trinajstić information content (AvgIpc) is 2.93. The molecule has 0 saturated carbocycles. The number of halogens is 1. The molecule has 0 saturated heterocycles. The Hall–Kier alpha value is -1.36. The number of fused-ring (bicyclic) bond motifs is 1. The molecule has 1 aliphatic heterocycles. The van der Waals surface area contributed by atoms with Gasteiger partial charge in [0.2, 0.25) is 0 Å². The molecule has 0 aliphatic carbocycles. The molecule has 0 spiro atoms. The second-order valence-corrected chi connectivity index (χ2v) is 4.41. The molecule has 1 N–H and O–H groups in total. The van der Waals surface area contributed by atoms with Gasteiger partial charge in [0.05, 0.1) is 12.7 Å². The molecule has 1 aromatic carbocycles. The Morgan fingerprint density at radius 3 is 3.05 bits per heavy atom. The van der Waals surface area contributed by atoms with Gasteiger partial charge in [0.15, 0.2) is 6.39 Å². The van der Waals surface area contributed by atoms with Gasteiger partial charge in [0.1, 0.15) is 12.0 Å². The maximum atomic E-state index is 5.81. The Morgan fingerprint density at radius 1 is 1.42 bits per heavy atom. The number of nitrogens with zero attached hydrogens (tertiary/aromatic N) is 1. The third-order valence-corrected chi connectivity index (χ3v) is 3.33. The molecule has 2 aromatic rings. The smallest absolute Gasteiger partial charge is 0.181 e. The van der Waals surface area contributed by atoms with E-state index in [0.717, 1.165) is 30.8 Å². The highest BCUT2D eigenvalue weighted by Gasteiger charge is 2.23. The van der Waals surface area contributed by atoms with Gasteiger partial charge in [-0.05, 0) is 24.6 Å². The first-order valence-electron chi connectivity index (χ1n) is 6.16.